The second-order valence-electron chi connectivity index (χ2n) is 8.93. The lowest BCUT2D eigenvalue weighted by Gasteiger charge is -2.25. The maximum atomic E-state index is 10.5. The van der Waals surface area contributed by atoms with Crippen LogP contribution >= 0.6 is 12.4 Å². The number of halogens is 1. The highest BCUT2D eigenvalue weighted by Gasteiger charge is 2.20. The van der Waals surface area contributed by atoms with E-state index >= 15 is 0 Å². The van der Waals surface area contributed by atoms with Gasteiger partial charge < -0.3 is 16.6 Å². The number of allylic oxidation sites excluding steroid dienone is 2. The molecule has 0 saturated carbocycles. The minimum absolute atomic E-state index is 0. The first-order chi connectivity index (χ1) is 13.8. The minimum Gasteiger partial charge on any atom is -0.391 e. The van der Waals surface area contributed by atoms with E-state index in [4.69, 9.17) is 11.5 Å². The molecule has 1 amide bonds. The standard InChI is InChI=1S/C18H35NO.C7H17NO.ClH/c1-2-3-4-5-6-7-8-9-10-11-12-13-14-15-16-17-18(19)20;1-4-5-6(9)7(2,3)8;/h9-10H,2-8,11-17H2,1H3,(H2,19,20);6,9H,4-5,8H2,1-3H3;1H/b10-9-;;. The zero-order valence-electron chi connectivity index (χ0n) is 20.5. The van der Waals surface area contributed by atoms with Crippen LogP contribution in [0.5, 0.6) is 0 Å². The number of hydrogen-bond acceptors (Lipinski definition) is 3. The van der Waals surface area contributed by atoms with Gasteiger partial charge >= 0.3 is 0 Å². The minimum atomic E-state index is -0.435. The number of aliphatic hydroxyl groups excluding tert-OH is 1. The van der Waals surface area contributed by atoms with Crippen LogP contribution < -0.4 is 11.5 Å². The molecule has 0 heterocycles. The number of rotatable bonds is 18. The number of hydrogen-bond donors (Lipinski definition) is 3. The third-order valence-corrected chi connectivity index (χ3v) is 5.11. The summed E-state index contributed by atoms with van der Waals surface area (Å²) in [6.45, 7) is 7.98. The SMILES string of the molecule is CCCC(O)C(C)(C)N.CCCCCCCC/C=C\CCCCCCCC(N)=O.Cl. The van der Waals surface area contributed by atoms with Crippen molar-refractivity contribution in [1.82, 2.24) is 0 Å². The molecule has 0 aromatic heterocycles. The van der Waals surface area contributed by atoms with E-state index in [-0.39, 0.29) is 24.4 Å². The summed E-state index contributed by atoms with van der Waals surface area (Å²) < 4.78 is 0. The van der Waals surface area contributed by atoms with Gasteiger partial charge in [0.25, 0.3) is 0 Å². The Morgan fingerprint density at radius 2 is 1.27 bits per heavy atom. The summed E-state index contributed by atoms with van der Waals surface area (Å²) in [7, 11) is 0. The molecular weight excluding hydrogens is 396 g/mol. The second kappa shape index (κ2) is 24.7. The van der Waals surface area contributed by atoms with Crippen LogP contribution in [0.25, 0.3) is 0 Å². The normalized spacial score (nSPS) is 12.2. The lowest BCUT2D eigenvalue weighted by Crippen LogP contribution is -2.44. The largest absolute Gasteiger partial charge is 0.391 e. The number of aliphatic hydroxyl groups is 1. The first-order valence-corrected chi connectivity index (χ1v) is 12.2. The summed E-state index contributed by atoms with van der Waals surface area (Å²) in [4.78, 5) is 10.5. The number of amides is 1. The van der Waals surface area contributed by atoms with Crippen molar-refractivity contribution in [2.45, 2.75) is 142 Å². The molecule has 0 aliphatic heterocycles. The van der Waals surface area contributed by atoms with E-state index in [1.54, 1.807) is 0 Å². The maximum Gasteiger partial charge on any atom is 0.217 e. The van der Waals surface area contributed by atoms with Gasteiger partial charge in [-0.15, -0.1) is 12.4 Å². The molecule has 0 spiro atoms. The molecule has 182 valence electrons. The van der Waals surface area contributed by atoms with Crippen LogP contribution in [-0.2, 0) is 4.79 Å². The molecule has 0 saturated heterocycles. The predicted molar refractivity (Wildman–Crippen MR) is 135 cm³/mol. The summed E-state index contributed by atoms with van der Waals surface area (Å²) in [6, 6.07) is 0. The van der Waals surface area contributed by atoms with Gasteiger partial charge in [0.2, 0.25) is 5.91 Å². The van der Waals surface area contributed by atoms with E-state index in [1.165, 1.54) is 70.6 Å². The maximum absolute atomic E-state index is 10.5. The van der Waals surface area contributed by atoms with E-state index in [1.807, 2.05) is 20.8 Å². The van der Waals surface area contributed by atoms with Gasteiger partial charge in [-0.2, -0.15) is 0 Å². The summed E-state index contributed by atoms with van der Waals surface area (Å²) >= 11 is 0. The Labute approximate surface area is 194 Å². The summed E-state index contributed by atoms with van der Waals surface area (Å²) in [5, 5.41) is 9.26. The van der Waals surface area contributed by atoms with Crippen molar-refractivity contribution >= 4 is 18.3 Å². The third kappa shape index (κ3) is 29.6. The zero-order valence-corrected chi connectivity index (χ0v) is 21.3. The lowest BCUT2D eigenvalue weighted by molar-refractivity contribution is -0.118. The van der Waals surface area contributed by atoms with Crippen molar-refractivity contribution < 1.29 is 9.90 Å². The van der Waals surface area contributed by atoms with Gasteiger partial charge in [0.15, 0.2) is 0 Å². The van der Waals surface area contributed by atoms with Gasteiger partial charge in [-0.1, -0.05) is 83.8 Å². The second-order valence-corrected chi connectivity index (χ2v) is 8.93. The van der Waals surface area contributed by atoms with E-state index < -0.39 is 5.54 Å². The monoisotopic (exact) mass is 448 g/mol. The number of primary amides is 1. The quantitative estimate of drug-likeness (QED) is 0.159. The highest BCUT2D eigenvalue weighted by Crippen LogP contribution is 2.10. The van der Waals surface area contributed by atoms with Gasteiger partial charge in [-0.05, 0) is 52.4 Å². The van der Waals surface area contributed by atoms with Crippen LogP contribution in [0, 0.1) is 0 Å². The molecule has 0 aromatic rings. The molecule has 4 nitrogen and oxygen atoms in total. The fourth-order valence-corrected chi connectivity index (χ4v) is 3.02. The molecule has 0 aromatic carbocycles. The van der Waals surface area contributed by atoms with Crippen molar-refractivity contribution in [1.29, 1.82) is 0 Å². The molecule has 0 bridgehead atoms. The summed E-state index contributed by atoms with van der Waals surface area (Å²) in [5.74, 6) is -0.164. The topological polar surface area (TPSA) is 89.3 Å². The Hall–Kier alpha value is -0.580. The molecule has 1 atom stereocenters. The molecule has 1 unspecified atom stereocenters. The predicted octanol–water partition coefficient (Wildman–Crippen LogP) is 6.82. The average molecular weight is 449 g/mol. The van der Waals surface area contributed by atoms with Gasteiger partial charge in [0.1, 0.15) is 0 Å². The average Bonchev–Trinajstić information content (AvgIpc) is 2.64. The Bertz CT molecular complexity index is 382. The lowest BCUT2D eigenvalue weighted by atomic mass is 9.95. The van der Waals surface area contributed by atoms with Gasteiger partial charge in [0, 0.05) is 12.0 Å². The fourth-order valence-electron chi connectivity index (χ4n) is 3.02. The molecular formula is C25H53ClN2O2. The highest BCUT2D eigenvalue weighted by atomic mass is 35.5. The Kier molecular flexibility index (Phi) is 28.0. The molecule has 5 N–H and O–H groups in total. The molecule has 0 aliphatic rings. The molecule has 30 heavy (non-hydrogen) atoms. The molecule has 0 aliphatic carbocycles. The van der Waals surface area contributed by atoms with Crippen molar-refractivity contribution in [2.75, 3.05) is 0 Å². The number of nitrogens with two attached hydrogens (primary N) is 2. The first kappa shape index (κ1) is 34.0. The van der Waals surface area contributed by atoms with Gasteiger partial charge in [0.05, 0.1) is 6.10 Å². The van der Waals surface area contributed by atoms with Crippen LogP contribution in [0.2, 0.25) is 0 Å². The Morgan fingerprint density at radius 1 is 0.833 bits per heavy atom. The van der Waals surface area contributed by atoms with E-state index in [9.17, 15) is 9.90 Å². The van der Waals surface area contributed by atoms with E-state index in [0.717, 1.165) is 25.7 Å². The van der Waals surface area contributed by atoms with Crippen molar-refractivity contribution in [2.24, 2.45) is 11.5 Å². The van der Waals surface area contributed by atoms with E-state index in [2.05, 4.69) is 19.1 Å². The first-order valence-electron chi connectivity index (χ1n) is 12.2. The van der Waals surface area contributed by atoms with Crippen LogP contribution in [0.3, 0.4) is 0 Å². The zero-order chi connectivity index (χ0) is 22.4. The summed E-state index contributed by atoms with van der Waals surface area (Å²) in [5.41, 5.74) is 10.3. The van der Waals surface area contributed by atoms with Crippen molar-refractivity contribution in [3.63, 3.8) is 0 Å². The van der Waals surface area contributed by atoms with Gasteiger partial charge in [-0.25, -0.2) is 0 Å². The Balaban J connectivity index is -0.000000616. The van der Waals surface area contributed by atoms with Crippen LogP contribution in [-0.4, -0.2) is 22.7 Å². The number of carbonyl (C=O) groups is 1. The highest BCUT2D eigenvalue weighted by molar-refractivity contribution is 5.85. The number of unbranched alkanes of at least 4 members (excludes halogenated alkanes) is 11. The molecule has 0 rings (SSSR count). The Morgan fingerprint density at radius 3 is 1.63 bits per heavy atom. The van der Waals surface area contributed by atoms with Crippen molar-refractivity contribution in [3.8, 4) is 0 Å². The molecule has 0 radical (unpaired) electrons. The smallest absolute Gasteiger partial charge is 0.217 e. The van der Waals surface area contributed by atoms with Gasteiger partial charge in [-0.3, -0.25) is 4.79 Å². The fraction of sp³-hybridized carbons (Fsp3) is 0.880. The van der Waals surface area contributed by atoms with Crippen LogP contribution in [0.15, 0.2) is 12.2 Å². The molecule has 0 fully saturated rings. The summed E-state index contributed by atoms with van der Waals surface area (Å²) in [6.07, 6.45) is 23.3. The van der Waals surface area contributed by atoms with Crippen molar-refractivity contribution in [3.05, 3.63) is 12.2 Å². The molecule has 5 heteroatoms. The third-order valence-electron chi connectivity index (χ3n) is 5.11. The number of carbonyl (C=O) groups excluding carboxylic acids is 1. The van der Waals surface area contributed by atoms with Crippen LogP contribution in [0.1, 0.15) is 130 Å². The van der Waals surface area contributed by atoms with Crippen LogP contribution in [0.4, 0.5) is 0 Å². The van der Waals surface area contributed by atoms with E-state index in [0.29, 0.717) is 6.42 Å².